The Morgan fingerprint density at radius 1 is 1.09 bits per heavy atom. The number of amides is 1. The van der Waals surface area contributed by atoms with Crippen molar-refractivity contribution in [2.24, 2.45) is 0 Å². The first-order valence-corrected chi connectivity index (χ1v) is 8.26. The average Bonchev–Trinajstić information content (AvgIpc) is 3.05. The Morgan fingerprint density at radius 2 is 1.70 bits per heavy atom. The van der Waals surface area contributed by atoms with E-state index in [0.717, 1.165) is 44.5 Å². The summed E-state index contributed by atoms with van der Waals surface area (Å²) in [4.78, 5) is 14.5. The number of halogens is 1. The van der Waals surface area contributed by atoms with Crippen molar-refractivity contribution in [1.29, 1.82) is 0 Å². The van der Waals surface area contributed by atoms with Gasteiger partial charge in [0, 0.05) is 19.3 Å². The van der Waals surface area contributed by atoms with Gasteiger partial charge >= 0.3 is 0 Å². The fourth-order valence-electron chi connectivity index (χ4n) is 2.35. The van der Waals surface area contributed by atoms with Crippen molar-refractivity contribution in [2.45, 2.75) is 39.5 Å². The predicted octanol–water partition coefficient (Wildman–Crippen LogP) is 4.05. The van der Waals surface area contributed by atoms with Crippen molar-refractivity contribution < 1.29 is 9.18 Å². The molecule has 0 atom stereocenters. The Labute approximate surface area is 136 Å². The van der Waals surface area contributed by atoms with Gasteiger partial charge in [-0.3, -0.25) is 4.79 Å². The van der Waals surface area contributed by atoms with Gasteiger partial charge in [0.2, 0.25) is 0 Å². The van der Waals surface area contributed by atoms with Crippen molar-refractivity contribution in [3.63, 3.8) is 0 Å². The zero-order valence-electron chi connectivity index (χ0n) is 13.8. The second-order valence-electron chi connectivity index (χ2n) is 5.62. The summed E-state index contributed by atoms with van der Waals surface area (Å²) in [5, 5.41) is 4.35. The average molecular weight is 317 g/mol. The van der Waals surface area contributed by atoms with Gasteiger partial charge in [0.1, 0.15) is 5.82 Å². The summed E-state index contributed by atoms with van der Waals surface area (Å²) in [6.07, 6.45) is 5.83. The molecule has 4 nitrogen and oxygen atoms in total. The van der Waals surface area contributed by atoms with Crippen LogP contribution in [0.3, 0.4) is 0 Å². The molecule has 0 unspecified atom stereocenters. The van der Waals surface area contributed by atoms with Gasteiger partial charge < -0.3 is 4.90 Å². The molecular formula is C18H24FN3O. The van der Waals surface area contributed by atoms with Gasteiger partial charge in [-0.05, 0) is 43.2 Å². The van der Waals surface area contributed by atoms with Crippen LogP contribution in [0.25, 0.3) is 5.69 Å². The molecule has 5 heteroatoms. The Kier molecular flexibility index (Phi) is 6.32. The van der Waals surface area contributed by atoms with Crippen LogP contribution in [0.2, 0.25) is 0 Å². The predicted molar refractivity (Wildman–Crippen MR) is 89.2 cm³/mol. The minimum atomic E-state index is -0.289. The van der Waals surface area contributed by atoms with E-state index in [9.17, 15) is 9.18 Å². The highest BCUT2D eigenvalue weighted by molar-refractivity contribution is 5.92. The standard InChI is InChI=1S/C18H24FN3O/c1-3-5-12-21(13-6-4-2)18(23)17-11-14-22(20-17)16-9-7-15(19)8-10-16/h7-11,14H,3-6,12-13H2,1-2H3. The first-order valence-electron chi connectivity index (χ1n) is 8.26. The second-order valence-corrected chi connectivity index (χ2v) is 5.62. The normalized spacial score (nSPS) is 10.7. The molecule has 0 aliphatic heterocycles. The SMILES string of the molecule is CCCCN(CCCC)C(=O)c1ccn(-c2ccc(F)cc2)n1. The third-order valence-electron chi connectivity index (χ3n) is 3.75. The molecule has 1 heterocycles. The van der Waals surface area contributed by atoms with Crippen molar-refractivity contribution >= 4 is 5.91 Å². The number of carbonyl (C=O) groups is 1. The molecule has 124 valence electrons. The zero-order valence-corrected chi connectivity index (χ0v) is 13.8. The number of aromatic nitrogens is 2. The monoisotopic (exact) mass is 317 g/mol. The largest absolute Gasteiger partial charge is 0.337 e. The van der Waals surface area contributed by atoms with Crippen LogP contribution in [0.5, 0.6) is 0 Å². The number of rotatable bonds is 8. The number of nitrogens with zero attached hydrogens (tertiary/aromatic N) is 3. The van der Waals surface area contributed by atoms with Gasteiger partial charge in [-0.25, -0.2) is 9.07 Å². The van der Waals surface area contributed by atoms with Crippen molar-refractivity contribution in [1.82, 2.24) is 14.7 Å². The highest BCUT2D eigenvalue weighted by Gasteiger charge is 2.17. The van der Waals surface area contributed by atoms with E-state index in [-0.39, 0.29) is 11.7 Å². The van der Waals surface area contributed by atoms with Crippen molar-refractivity contribution in [2.75, 3.05) is 13.1 Å². The highest BCUT2D eigenvalue weighted by Crippen LogP contribution is 2.11. The second kappa shape index (κ2) is 8.46. The van der Waals surface area contributed by atoms with E-state index in [0.29, 0.717) is 5.69 Å². The summed E-state index contributed by atoms with van der Waals surface area (Å²) in [7, 11) is 0. The van der Waals surface area contributed by atoms with Gasteiger partial charge in [-0.1, -0.05) is 26.7 Å². The van der Waals surface area contributed by atoms with E-state index < -0.39 is 0 Å². The van der Waals surface area contributed by atoms with Crippen LogP contribution in [-0.2, 0) is 0 Å². The Balaban J connectivity index is 2.12. The maximum absolute atomic E-state index is 13.0. The lowest BCUT2D eigenvalue weighted by Gasteiger charge is -2.21. The molecule has 0 bridgehead atoms. The molecule has 1 aromatic carbocycles. The molecule has 0 radical (unpaired) electrons. The summed E-state index contributed by atoms with van der Waals surface area (Å²) in [5.41, 5.74) is 1.17. The number of hydrogen-bond donors (Lipinski definition) is 0. The molecule has 0 N–H and O–H groups in total. The number of benzene rings is 1. The number of unbranched alkanes of at least 4 members (excludes halogenated alkanes) is 2. The van der Waals surface area contributed by atoms with Crippen LogP contribution in [0.1, 0.15) is 50.0 Å². The van der Waals surface area contributed by atoms with Crippen LogP contribution >= 0.6 is 0 Å². The molecule has 0 spiro atoms. The van der Waals surface area contributed by atoms with Crippen LogP contribution in [0, 0.1) is 5.82 Å². The summed E-state index contributed by atoms with van der Waals surface area (Å²) in [6, 6.07) is 7.77. The van der Waals surface area contributed by atoms with Crippen LogP contribution in [0.4, 0.5) is 4.39 Å². The lowest BCUT2D eigenvalue weighted by Crippen LogP contribution is -2.33. The van der Waals surface area contributed by atoms with E-state index in [4.69, 9.17) is 0 Å². The minimum Gasteiger partial charge on any atom is -0.337 e. The van der Waals surface area contributed by atoms with E-state index in [1.807, 2.05) is 4.90 Å². The van der Waals surface area contributed by atoms with Gasteiger partial charge in [-0.15, -0.1) is 0 Å². The maximum Gasteiger partial charge on any atom is 0.274 e. The Morgan fingerprint density at radius 3 is 2.26 bits per heavy atom. The highest BCUT2D eigenvalue weighted by atomic mass is 19.1. The lowest BCUT2D eigenvalue weighted by molar-refractivity contribution is 0.0744. The fraction of sp³-hybridized carbons (Fsp3) is 0.444. The maximum atomic E-state index is 13.0. The molecule has 2 aromatic rings. The number of hydrogen-bond acceptors (Lipinski definition) is 2. The zero-order chi connectivity index (χ0) is 16.7. The smallest absolute Gasteiger partial charge is 0.274 e. The van der Waals surface area contributed by atoms with E-state index in [2.05, 4.69) is 18.9 Å². The van der Waals surface area contributed by atoms with Gasteiger partial charge in [-0.2, -0.15) is 5.10 Å². The van der Waals surface area contributed by atoms with Crippen LogP contribution in [-0.4, -0.2) is 33.7 Å². The van der Waals surface area contributed by atoms with Gasteiger partial charge in [0.05, 0.1) is 5.69 Å². The van der Waals surface area contributed by atoms with Crippen LogP contribution in [0.15, 0.2) is 36.5 Å². The third-order valence-corrected chi connectivity index (χ3v) is 3.75. The summed E-state index contributed by atoms with van der Waals surface area (Å²) in [6.45, 7) is 5.76. The Bertz CT molecular complexity index is 613. The van der Waals surface area contributed by atoms with Crippen LogP contribution < -0.4 is 0 Å². The molecule has 23 heavy (non-hydrogen) atoms. The minimum absolute atomic E-state index is 0.0345. The molecule has 2 rings (SSSR count). The fourth-order valence-corrected chi connectivity index (χ4v) is 2.35. The topological polar surface area (TPSA) is 38.1 Å². The summed E-state index contributed by atoms with van der Waals surface area (Å²) >= 11 is 0. The van der Waals surface area contributed by atoms with Gasteiger partial charge in [0.25, 0.3) is 5.91 Å². The molecular weight excluding hydrogens is 293 g/mol. The van der Waals surface area contributed by atoms with Crippen molar-refractivity contribution in [3.05, 3.63) is 48.0 Å². The Hall–Kier alpha value is -2.17. The summed E-state index contributed by atoms with van der Waals surface area (Å²) < 4.78 is 14.6. The molecule has 0 saturated carbocycles. The summed E-state index contributed by atoms with van der Waals surface area (Å²) in [5.74, 6) is -0.324. The molecule has 1 aromatic heterocycles. The third kappa shape index (κ3) is 4.65. The quantitative estimate of drug-likeness (QED) is 0.736. The molecule has 0 fully saturated rings. The molecule has 0 aliphatic carbocycles. The van der Waals surface area contributed by atoms with Crippen molar-refractivity contribution in [3.8, 4) is 5.69 Å². The van der Waals surface area contributed by atoms with Gasteiger partial charge in [0.15, 0.2) is 5.69 Å². The molecule has 0 aliphatic rings. The molecule has 1 amide bonds. The first kappa shape index (κ1) is 17.2. The first-order chi connectivity index (χ1) is 11.2. The van der Waals surface area contributed by atoms with E-state index in [1.54, 1.807) is 29.1 Å². The molecule has 0 saturated heterocycles. The lowest BCUT2D eigenvalue weighted by atomic mass is 10.2. The number of carbonyl (C=O) groups excluding carboxylic acids is 1. The van der Waals surface area contributed by atoms with E-state index in [1.165, 1.54) is 12.1 Å². The van der Waals surface area contributed by atoms with E-state index >= 15 is 0 Å².